The Kier molecular flexibility index (Phi) is 8.31. The lowest BCUT2D eigenvalue weighted by molar-refractivity contribution is 0.0761. The molecule has 3 nitrogen and oxygen atoms in total. The van der Waals surface area contributed by atoms with Crippen molar-refractivity contribution in [3.8, 4) is 0 Å². The average molecular weight is 398 g/mol. The molecule has 2 aromatic rings. The lowest BCUT2D eigenvalue weighted by atomic mass is 10.1. The third-order valence-corrected chi connectivity index (χ3v) is 4.11. The summed E-state index contributed by atoms with van der Waals surface area (Å²) in [4.78, 5) is 14.6. The molecule has 0 aliphatic rings. The van der Waals surface area contributed by atoms with Gasteiger partial charge in [-0.15, -0.1) is 12.4 Å². The molecule has 0 aromatic heterocycles. The minimum Gasteiger partial charge on any atom is -0.337 e. The van der Waals surface area contributed by atoms with Crippen LogP contribution < -0.4 is 5.73 Å². The van der Waals surface area contributed by atoms with Crippen LogP contribution in [0.25, 0.3) is 0 Å². The molecule has 1 amide bonds. The maximum Gasteiger partial charge on any atom is 0.254 e. The van der Waals surface area contributed by atoms with Gasteiger partial charge in [-0.25, -0.2) is 0 Å². The summed E-state index contributed by atoms with van der Waals surface area (Å²) in [5.74, 6) is 0.0476. The Hall–Kier alpha value is -1.36. The van der Waals surface area contributed by atoms with Crippen molar-refractivity contribution in [3.63, 3.8) is 0 Å². The topological polar surface area (TPSA) is 46.3 Å². The van der Waals surface area contributed by atoms with Gasteiger partial charge in [-0.05, 0) is 42.7 Å². The van der Waals surface area contributed by atoms with Gasteiger partial charge in [0.25, 0.3) is 5.91 Å². The van der Waals surface area contributed by atoms with Crippen LogP contribution in [0.15, 0.2) is 53.0 Å². The van der Waals surface area contributed by atoms with E-state index in [1.807, 2.05) is 48.2 Å². The van der Waals surface area contributed by atoms with Crippen molar-refractivity contribution in [1.82, 2.24) is 4.90 Å². The Morgan fingerprint density at radius 3 is 2.43 bits per heavy atom. The maximum absolute atomic E-state index is 12.7. The number of nitrogens with two attached hydrogens (primary N) is 1. The Labute approximate surface area is 152 Å². The molecular formula is C18H22BrClN2O. The fourth-order valence-corrected chi connectivity index (χ4v) is 2.89. The zero-order valence-corrected chi connectivity index (χ0v) is 15.6. The number of benzene rings is 2. The van der Waals surface area contributed by atoms with Gasteiger partial charge in [0, 0.05) is 29.7 Å². The fraction of sp³-hybridized carbons (Fsp3) is 0.278. The third kappa shape index (κ3) is 5.65. The Morgan fingerprint density at radius 1 is 1.13 bits per heavy atom. The highest BCUT2D eigenvalue weighted by molar-refractivity contribution is 9.10. The number of hydrogen-bond acceptors (Lipinski definition) is 2. The van der Waals surface area contributed by atoms with E-state index >= 15 is 0 Å². The van der Waals surface area contributed by atoms with Crippen molar-refractivity contribution < 1.29 is 4.79 Å². The molecule has 0 saturated heterocycles. The molecule has 0 spiro atoms. The van der Waals surface area contributed by atoms with Crippen molar-refractivity contribution in [3.05, 3.63) is 69.7 Å². The molecule has 0 atom stereocenters. The summed E-state index contributed by atoms with van der Waals surface area (Å²) in [6.45, 7) is 3.67. The molecule has 2 N–H and O–H groups in total. The van der Waals surface area contributed by atoms with Gasteiger partial charge >= 0.3 is 0 Å². The van der Waals surface area contributed by atoms with E-state index in [0.717, 1.165) is 22.0 Å². The quantitative estimate of drug-likeness (QED) is 0.805. The minimum absolute atomic E-state index is 0. The lowest BCUT2D eigenvalue weighted by Crippen LogP contribution is -2.37. The maximum atomic E-state index is 12.7. The molecule has 0 fully saturated rings. The molecule has 5 heteroatoms. The summed E-state index contributed by atoms with van der Waals surface area (Å²) >= 11 is 3.43. The molecule has 0 radical (unpaired) electrons. The van der Waals surface area contributed by atoms with E-state index in [9.17, 15) is 4.79 Å². The van der Waals surface area contributed by atoms with Crippen LogP contribution in [0, 0.1) is 6.92 Å². The molecule has 0 bridgehead atoms. The van der Waals surface area contributed by atoms with E-state index in [4.69, 9.17) is 5.73 Å². The van der Waals surface area contributed by atoms with Crippen LogP contribution in [0.3, 0.4) is 0 Å². The highest BCUT2D eigenvalue weighted by atomic mass is 79.9. The van der Waals surface area contributed by atoms with Gasteiger partial charge in [0.15, 0.2) is 0 Å². The van der Waals surface area contributed by atoms with Crippen molar-refractivity contribution in [2.45, 2.75) is 13.3 Å². The van der Waals surface area contributed by atoms with Gasteiger partial charge in [0.2, 0.25) is 0 Å². The number of amides is 1. The molecule has 0 saturated carbocycles. The molecule has 0 unspecified atom stereocenters. The molecular weight excluding hydrogens is 376 g/mol. The molecule has 0 aliphatic heterocycles. The molecule has 0 aliphatic carbocycles. The number of aryl methyl sites for hydroxylation is 1. The van der Waals surface area contributed by atoms with E-state index < -0.39 is 0 Å². The summed E-state index contributed by atoms with van der Waals surface area (Å²) < 4.78 is 0.983. The highest BCUT2D eigenvalue weighted by Gasteiger charge is 2.17. The summed E-state index contributed by atoms with van der Waals surface area (Å²) in [5.41, 5.74) is 8.62. The minimum atomic E-state index is 0. The summed E-state index contributed by atoms with van der Waals surface area (Å²) in [5, 5.41) is 0. The van der Waals surface area contributed by atoms with Crippen LogP contribution in [0.2, 0.25) is 0 Å². The summed E-state index contributed by atoms with van der Waals surface area (Å²) in [6, 6.07) is 15.9. The third-order valence-electron chi connectivity index (χ3n) is 3.62. The van der Waals surface area contributed by atoms with Gasteiger partial charge in [-0.2, -0.15) is 0 Å². The molecule has 2 rings (SSSR count). The van der Waals surface area contributed by atoms with Crippen LogP contribution in [-0.2, 0) is 6.42 Å². The molecule has 0 heterocycles. The first-order valence-electron chi connectivity index (χ1n) is 7.41. The number of rotatable bonds is 6. The van der Waals surface area contributed by atoms with E-state index in [1.165, 1.54) is 5.56 Å². The number of halogens is 2. The van der Waals surface area contributed by atoms with Gasteiger partial charge < -0.3 is 10.6 Å². The second-order valence-corrected chi connectivity index (χ2v) is 6.19. The summed E-state index contributed by atoms with van der Waals surface area (Å²) in [7, 11) is 0. The van der Waals surface area contributed by atoms with E-state index in [0.29, 0.717) is 19.6 Å². The number of carbonyl (C=O) groups excluding carboxylic acids is 1. The molecule has 2 aromatic carbocycles. The SMILES string of the molecule is Cc1cc(Br)ccc1C(=O)N(CCN)CCc1ccccc1.Cl. The van der Waals surface area contributed by atoms with Crippen molar-refractivity contribution in [2.75, 3.05) is 19.6 Å². The van der Waals surface area contributed by atoms with Gasteiger partial charge in [-0.1, -0.05) is 46.3 Å². The molecule has 124 valence electrons. The standard InChI is InChI=1S/C18H21BrN2O.ClH/c1-14-13-16(19)7-8-17(14)18(22)21(12-10-20)11-9-15-5-3-2-4-6-15;/h2-8,13H,9-12,20H2,1H3;1H. The van der Waals surface area contributed by atoms with Gasteiger partial charge in [0.05, 0.1) is 0 Å². The predicted molar refractivity (Wildman–Crippen MR) is 101 cm³/mol. The Bertz CT molecular complexity index is 634. The zero-order valence-electron chi connectivity index (χ0n) is 13.2. The first kappa shape index (κ1) is 19.7. The van der Waals surface area contributed by atoms with E-state index in [1.54, 1.807) is 0 Å². The Balaban J connectivity index is 0.00000264. The second kappa shape index (κ2) is 9.71. The second-order valence-electron chi connectivity index (χ2n) is 5.28. The molecule has 23 heavy (non-hydrogen) atoms. The average Bonchev–Trinajstić information content (AvgIpc) is 2.52. The zero-order chi connectivity index (χ0) is 15.9. The normalized spacial score (nSPS) is 10.0. The smallest absolute Gasteiger partial charge is 0.254 e. The number of hydrogen-bond donors (Lipinski definition) is 1. The first-order chi connectivity index (χ1) is 10.6. The summed E-state index contributed by atoms with van der Waals surface area (Å²) in [6.07, 6.45) is 0.835. The monoisotopic (exact) mass is 396 g/mol. The van der Waals surface area contributed by atoms with Gasteiger partial charge in [-0.3, -0.25) is 4.79 Å². The number of nitrogens with zero attached hydrogens (tertiary/aromatic N) is 1. The van der Waals surface area contributed by atoms with Crippen LogP contribution in [0.1, 0.15) is 21.5 Å². The fourth-order valence-electron chi connectivity index (χ4n) is 2.42. The van der Waals surface area contributed by atoms with Crippen molar-refractivity contribution in [1.29, 1.82) is 0 Å². The first-order valence-corrected chi connectivity index (χ1v) is 8.20. The predicted octanol–water partition coefficient (Wildman–Crippen LogP) is 3.82. The van der Waals surface area contributed by atoms with Crippen molar-refractivity contribution >= 4 is 34.2 Å². The largest absolute Gasteiger partial charge is 0.337 e. The van der Waals surface area contributed by atoms with Crippen LogP contribution in [0.5, 0.6) is 0 Å². The van der Waals surface area contributed by atoms with Crippen LogP contribution in [-0.4, -0.2) is 30.4 Å². The van der Waals surface area contributed by atoms with Crippen molar-refractivity contribution in [2.24, 2.45) is 5.73 Å². The highest BCUT2D eigenvalue weighted by Crippen LogP contribution is 2.17. The number of carbonyl (C=O) groups is 1. The van der Waals surface area contributed by atoms with Crippen LogP contribution in [0.4, 0.5) is 0 Å². The van der Waals surface area contributed by atoms with E-state index in [-0.39, 0.29) is 18.3 Å². The van der Waals surface area contributed by atoms with Gasteiger partial charge in [0.1, 0.15) is 0 Å². The van der Waals surface area contributed by atoms with E-state index in [2.05, 4.69) is 28.1 Å². The Morgan fingerprint density at radius 2 is 1.83 bits per heavy atom. The van der Waals surface area contributed by atoms with Crippen LogP contribution >= 0.6 is 28.3 Å². The lowest BCUT2D eigenvalue weighted by Gasteiger charge is -2.23.